The van der Waals surface area contributed by atoms with E-state index in [1.54, 1.807) is 31.5 Å². The van der Waals surface area contributed by atoms with Gasteiger partial charge in [-0.1, -0.05) is 17.7 Å². The minimum Gasteiger partial charge on any atom is -0.394 e. The third kappa shape index (κ3) is 3.93. The van der Waals surface area contributed by atoms with Crippen LogP contribution in [0.2, 0.25) is 5.02 Å². The number of amides is 2. The van der Waals surface area contributed by atoms with E-state index in [9.17, 15) is 14.3 Å². The number of pyridine rings is 1. The van der Waals surface area contributed by atoms with Gasteiger partial charge in [-0.15, -0.1) is 0 Å². The van der Waals surface area contributed by atoms with Gasteiger partial charge in [0, 0.05) is 18.1 Å². The minimum atomic E-state index is -0.742. The average molecular weight is 324 g/mol. The first-order valence-electron chi connectivity index (χ1n) is 6.55. The zero-order valence-electron chi connectivity index (χ0n) is 11.8. The molecule has 22 heavy (non-hydrogen) atoms. The quantitative estimate of drug-likeness (QED) is 0.809. The fraction of sp³-hybridized carbons (Fsp3) is 0.200. The van der Waals surface area contributed by atoms with E-state index >= 15 is 0 Å². The Kier molecular flexibility index (Phi) is 5.30. The third-order valence-corrected chi connectivity index (χ3v) is 3.41. The van der Waals surface area contributed by atoms with Crippen LogP contribution in [0.4, 0.5) is 14.9 Å². The van der Waals surface area contributed by atoms with Gasteiger partial charge >= 0.3 is 6.03 Å². The summed E-state index contributed by atoms with van der Waals surface area (Å²) < 4.78 is 13.5. The number of halogens is 2. The van der Waals surface area contributed by atoms with Crippen LogP contribution < -0.4 is 10.6 Å². The first-order valence-corrected chi connectivity index (χ1v) is 6.93. The molecule has 7 heteroatoms. The van der Waals surface area contributed by atoms with Crippen molar-refractivity contribution in [2.75, 3.05) is 11.9 Å². The van der Waals surface area contributed by atoms with Gasteiger partial charge in [0.05, 0.1) is 17.7 Å². The van der Waals surface area contributed by atoms with Crippen LogP contribution in [0.3, 0.4) is 0 Å². The van der Waals surface area contributed by atoms with Crippen LogP contribution in [-0.4, -0.2) is 22.7 Å². The molecule has 2 amide bonds. The Morgan fingerprint density at radius 3 is 2.86 bits per heavy atom. The second-order valence-electron chi connectivity index (χ2n) is 4.70. The number of aliphatic hydroxyl groups is 1. The highest BCUT2D eigenvalue weighted by atomic mass is 35.5. The molecular formula is C15H15ClFN3O2. The zero-order valence-corrected chi connectivity index (χ0v) is 12.6. The van der Waals surface area contributed by atoms with Gasteiger partial charge in [0.25, 0.3) is 0 Å². The smallest absolute Gasteiger partial charge is 0.319 e. The van der Waals surface area contributed by atoms with E-state index in [0.717, 1.165) is 5.56 Å². The van der Waals surface area contributed by atoms with Crippen molar-refractivity contribution in [3.63, 3.8) is 0 Å². The van der Waals surface area contributed by atoms with Gasteiger partial charge in [-0.2, -0.15) is 0 Å². The molecular weight excluding hydrogens is 309 g/mol. The maximum atomic E-state index is 13.5. The van der Waals surface area contributed by atoms with Crippen molar-refractivity contribution in [2.45, 2.75) is 13.0 Å². The second-order valence-corrected chi connectivity index (χ2v) is 5.10. The summed E-state index contributed by atoms with van der Waals surface area (Å²) in [4.78, 5) is 15.9. The SMILES string of the molecule is Cc1cnccc1NC(=O)NC(CO)c1ccc(Cl)c(F)c1. The predicted molar refractivity (Wildman–Crippen MR) is 82.4 cm³/mol. The summed E-state index contributed by atoms with van der Waals surface area (Å²) in [6.07, 6.45) is 3.18. The lowest BCUT2D eigenvalue weighted by molar-refractivity contribution is 0.225. The lowest BCUT2D eigenvalue weighted by atomic mass is 10.1. The molecule has 0 radical (unpaired) electrons. The molecule has 1 aromatic heterocycles. The van der Waals surface area contributed by atoms with Gasteiger partial charge in [0.1, 0.15) is 5.82 Å². The topological polar surface area (TPSA) is 74.2 Å². The molecule has 0 aliphatic rings. The number of rotatable bonds is 4. The van der Waals surface area contributed by atoms with E-state index in [2.05, 4.69) is 15.6 Å². The van der Waals surface area contributed by atoms with Crippen molar-refractivity contribution in [2.24, 2.45) is 0 Å². The first kappa shape index (κ1) is 16.2. The van der Waals surface area contributed by atoms with Crippen LogP contribution >= 0.6 is 11.6 Å². The largest absolute Gasteiger partial charge is 0.394 e. The monoisotopic (exact) mass is 323 g/mol. The lowest BCUT2D eigenvalue weighted by Crippen LogP contribution is -2.34. The van der Waals surface area contributed by atoms with Crippen LogP contribution in [0.1, 0.15) is 17.2 Å². The van der Waals surface area contributed by atoms with E-state index in [-0.39, 0.29) is 11.6 Å². The average Bonchev–Trinajstić information content (AvgIpc) is 2.50. The maximum Gasteiger partial charge on any atom is 0.319 e. The van der Waals surface area contributed by atoms with Crippen molar-refractivity contribution in [1.82, 2.24) is 10.3 Å². The number of urea groups is 1. The molecule has 1 unspecified atom stereocenters. The molecule has 0 aliphatic carbocycles. The Morgan fingerprint density at radius 1 is 1.45 bits per heavy atom. The van der Waals surface area contributed by atoms with E-state index in [4.69, 9.17) is 11.6 Å². The van der Waals surface area contributed by atoms with Gasteiger partial charge in [-0.3, -0.25) is 4.98 Å². The predicted octanol–water partition coefficient (Wildman–Crippen LogP) is 3.04. The Bertz CT molecular complexity index is 682. The molecule has 1 heterocycles. The molecule has 5 nitrogen and oxygen atoms in total. The zero-order chi connectivity index (χ0) is 16.1. The Hall–Kier alpha value is -2.18. The number of anilines is 1. The number of carbonyl (C=O) groups is 1. The summed E-state index contributed by atoms with van der Waals surface area (Å²) in [7, 11) is 0. The van der Waals surface area contributed by atoms with E-state index in [1.807, 2.05) is 0 Å². The number of nitrogens with one attached hydrogen (secondary N) is 2. The highest BCUT2D eigenvalue weighted by molar-refractivity contribution is 6.30. The number of hydrogen-bond acceptors (Lipinski definition) is 3. The van der Waals surface area contributed by atoms with Crippen molar-refractivity contribution >= 4 is 23.3 Å². The van der Waals surface area contributed by atoms with Crippen LogP contribution in [0, 0.1) is 12.7 Å². The number of carbonyl (C=O) groups excluding carboxylic acids is 1. The van der Waals surface area contributed by atoms with E-state index < -0.39 is 17.9 Å². The van der Waals surface area contributed by atoms with Gasteiger partial charge < -0.3 is 15.7 Å². The van der Waals surface area contributed by atoms with Crippen molar-refractivity contribution < 1.29 is 14.3 Å². The number of aliphatic hydroxyl groups excluding tert-OH is 1. The fourth-order valence-corrected chi connectivity index (χ4v) is 2.01. The van der Waals surface area contributed by atoms with Crippen LogP contribution in [0.25, 0.3) is 0 Å². The van der Waals surface area contributed by atoms with Gasteiger partial charge in [0.2, 0.25) is 0 Å². The summed E-state index contributed by atoms with van der Waals surface area (Å²) in [6.45, 7) is 1.44. The summed E-state index contributed by atoms with van der Waals surface area (Å²) in [5.41, 5.74) is 1.83. The van der Waals surface area contributed by atoms with Crippen molar-refractivity contribution in [3.8, 4) is 0 Å². The van der Waals surface area contributed by atoms with Crippen LogP contribution in [0.5, 0.6) is 0 Å². The molecule has 3 N–H and O–H groups in total. The molecule has 0 aliphatic heterocycles. The third-order valence-electron chi connectivity index (χ3n) is 3.10. The Balaban J connectivity index is 2.08. The molecule has 0 saturated carbocycles. The number of hydrogen-bond donors (Lipinski definition) is 3. The molecule has 0 fully saturated rings. The number of benzene rings is 1. The van der Waals surface area contributed by atoms with Crippen molar-refractivity contribution in [1.29, 1.82) is 0 Å². The van der Waals surface area contributed by atoms with Crippen molar-refractivity contribution in [3.05, 3.63) is 58.6 Å². The molecule has 0 spiro atoms. The van der Waals surface area contributed by atoms with Crippen LogP contribution in [0.15, 0.2) is 36.7 Å². The number of aromatic nitrogens is 1. The maximum absolute atomic E-state index is 13.5. The van der Waals surface area contributed by atoms with Crippen LogP contribution in [-0.2, 0) is 0 Å². The summed E-state index contributed by atoms with van der Waals surface area (Å²) in [5, 5.41) is 14.6. The molecule has 0 saturated heterocycles. The summed E-state index contributed by atoms with van der Waals surface area (Å²) in [6, 6.07) is 4.51. The highest BCUT2D eigenvalue weighted by Crippen LogP contribution is 2.20. The minimum absolute atomic E-state index is 0.0164. The molecule has 1 atom stereocenters. The van der Waals surface area contributed by atoms with E-state index in [1.165, 1.54) is 12.1 Å². The number of aryl methyl sites for hydroxylation is 1. The standard InChI is InChI=1S/C15H15ClFN3O2/c1-9-7-18-5-4-13(9)19-15(22)20-14(8-21)10-2-3-11(16)12(17)6-10/h2-7,14,21H,8H2,1H3,(H2,18,19,20,22). The first-order chi connectivity index (χ1) is 10.5. The second kappa shape index (κ2) is 7.20. The number of nitrogens with zero attached hydrogens (tertiary/aromatic N) is 1. The van der Waals surface area contributed by atoms with Gasteiger partial charge in [-0.05, 0) is 36.2 Å². The molecule has 2 aromatic rings. The van der Waals surface area contributed by atoms with Gasteiger partial charge in [0.15, 0.2) is 0 Å². The lowest BCUT2D eigenvalue weighted by Gasteiger charge is -2.18. The molecule has 1 aromatic carbocycles. The van der Waals surface area contributed by atoms with E-state index in [0.29, 0.717) is 11.3 Å². The Morgan fingerprint density at radius 2 is 2.23 bits per heavy atom. The molecule has 2 rings (SSSR count). The normalized spacial score (nSPS) is 11.8. The highest BCUT2D eigenvalue weighted by Gasteiger charge is 2.15. The molecule has 116 valence electrons. The summed E-state index contributed by atoms with van der Waals surface area (Å²) in [5.74, 6) is -0.607. The molecule has 0 bridgehead atoms. The summed E-state index contributed by atoms with van der Waals surface area (Å²) >= 11 is 5.62. The van der Waals surface area contributed by atoms with Gasteiger partial charge in [-0.25, -0.2) is 9.18 Å². The fourth-order valence-electron chi connectivity index (χ4n) is 1.89. The Labute approximate surface area is 132 Å².